The van der Waals surface area contributed by atoms with Crippen LogP contribution in [0.15, 0.2) is 77.7 Å². The largest absolute Gasteiger partial charge is 0.354 e. The normalized spacial score (nSPS) is 11.3. The van der Waals surface area contributed by atoms with Gasteiger partial charge in [0.1, 0.15) is 6.54 Å². The molecular formula is C26H29ClN2O3S2. The molecular weight excluding hydrogens is 488 g/mol. The highest BCUT2D eigenvalue weighted by atomic mass is 35.5. The predicted octanol–water partition coefficient (Wildman–Crippen LogP) is 5.59. The van der Waals surface area contributed by atoms with E-state index in [-0.39, 0.29) is 17.3 Å². The quantitative estimate of drug-likeness (QED) is 0.337. The van der Waals surface area contributed by atoms with Crippen LogP contribution in [0.5, 0.6) is 0 Å². The summed E-state index contributed by atoms with van der Waals surface area (Å²) < 4.78 is 28.1. The lowest BCUT2D eigenvalue weighted by molar-refractivity contribution is -0.119. The summed E-state index contributed by atoms with van der Waals surface area (Å²) in [6, 6.07) is 21.4. The highest BCUT2D eigenvalue weighted by molar-refractivity contribution is 7.98. The minimum Gasteiger partial charge on any atom is -0.354 e. The number of nitrogens with one attached hydrogen (secondary N) is 1. The Morgan fingerprint density at radius 3 is 2.47 bits per heavy atom. The first-order valence-electron chi connectivity index (χ1n) is 11.0. The molecule has 0 atom stereocenters. The number of rotatable bonds is 11. The molecule has 34 heavy (non-hydrogen) atoms. The van der Waals surface area contributed by atoms with E-state index in [1.165, 1.54) is 4.31 Å². The van der Waals surface area contributed by atoms with Crippen molar-refractivity contribution in [3.63, 3.8) is 0 Å². The zero-order valence-electron chi connectivity index (χ0n) is 19.3. The van der Waals surface area contributed by atoms with E-state index in [9.17, 15) is 13.2 Å². The monoisotopic (exact) mass is 516 g/mol. The molecule has 0 aliphatic heterocycles. The molecule has 0 aromatic heterocycles. The van der Waals surface area contributed by atoms with E-state index < -0.39 is 10.0 Å². The van der Waals surface area contributed by atoms with Gasteiger partial charge >= 0.3 is 0 Å². The van der Waals surface area contributed by atoms with Crippen molar-refractivity contribution in [3.05, 3.63) is 94.5 Å². The number of hydrogen-bond donors (Lipinski definition) is 1. The van der Waals surface area contributed by atoms with E-state index in [0.717, 1.165) is 39.6 Å². The molecule has 1 N–H and O–H groups in total. The second-order valence-corrected chi connectivity index (χ2v) is 11.3. The number of nitrogens with zero attached hydrogens (tertiary/aromatic N) is 1. The lowest BCUT2D eigenvalue weighted by atomic mass is 10.1. The van der Waals surface area contributed by atoms with E-state index >= 15 is 0 Å². The van der Waals surface area contributed by atoms with Crippen molar-refractivity contribution in [2.24, 2.45) is 0 Å². The molecule has 0 radical (unpaired) electrons. The molecule has 1 amide bonds. The van der Waals surface area contributed by atoms with Crippen LogP contribution < -0.4 is 9.62 Å². The first kappa shape index (κ1) is 26.1. The Bertz CT molecular complexity index is 1220. The fourth-order valence-corrected chi connectivity index (χ4v) is 6.05. The SMILES string of the molecule is Cc1cccc(N(CC(=O)NCCCSCc2cccc(Cl)c2)S(=O)(=O)c2ccccc2)c1C. The van der Waals surface area contributed by atoms with Crippen molar-refractivity contribution in [1.29, 1.82) is 0 Å². The summed E-state index contributed by atoms with van der Waals surface area (Å²) in [5.74, 6) is 1.39. The van der Waals surface area contributed by atoms with Gasteiger partial charge in [0, 0.05) is 17.3 Å². The van der Waals surface area contributed by atoms with Gasteiger partial charge in [0.05, 0.1) is 10.6 Å². The summed E-state index contributed by atoms with van der Waals surface area (Å²) in [6.45, 7) is 3.99. The average Bonchev–Trinajstić information content (AvgIpc) is 2.82. The standard InChI is InChI=1S/C26H29ClN2O3S2/c1-20-9-6-14-25(21(20)2)29(34(31,32)24-12-4-3-5-13-24)18-26(30)28-15-8-16-33-19-22-10-7-11-23(27)17-22/h3-7,9-14,17H,8,15-16,18-19H2,1-2H3,(H,28,30). The molecule has 0 aliphatic carbocycles. The summed E-state index contributed by atoms with van der Waals surface area (Å²) in [6.07, 6.45) is 0.784. The van der Waals surface area contributed by atoms with Crippen molar-refractivity contribution in [2.75, 3.05) is 23.1 Å². The van der Waals surface area contributed by atoms with E-state index in [0.29, 0.717) is 12.2 Å². The molecule has 3 rings (SSSR count). The topological polar surface area (TPSA) is 66.5 Å². The molecule has 5 nitrogen and oxygen atoms in total. The maximum absolute atomic E-state index is 13.4. The second kappa shape index (κ2) is 12.3. The van der Waals surface area contributed by atoms with Crippen LogP contribution in [0.2, 0.25) is 5.02 Å². The van der Waals surface area contributed by atoms with Crippen molar-refractivity contribution in [3.8, 4) is 0 Å². The van der Waals surface area contributed by atoms with Gasteiger partial charge in [-0.2, -0.15) is 11.8 Å². The molecule has 0 bridgehead atoms. The van der Waals surface area contributed by atoms with E-state index in [4.69, 9.17) is 11.6 Å². The third-order valence-corrected chi connectivity index (χ3v) is 8.53. The Balaban J connectivity index is 1.61. The zero-order chi connectivity index (χ0) is 24.6. The lowest BCUT2D eigenvalue weighted by Crippen LogP contribution is -2.41. The van der Waals surface area contributed by atoms with Gasteiger partial charge in [0.25, 0.3) is 10.0 Å². The van der Waals surface area contributed by atoms with E-state index in [1.54, 1.807) is 54.2 Å². The highest BCUT2D eigenvalue weighted by Crippen LogP contribution is 2.28. The third-order valence-electron chi connectivity index (χ3n) is 5.41. The Labute approximate surface area is 211 Å². The number of aryl methyl sites for hydroxylation is 1. The Morgan fingerprint density at radius 1 is 1.00 bits per heavy atom. The number of carbonyl (C=O) groups excluding carboxylic acids is 1. The Morgan fingerprint density at radius 2 is 1.74 bits per heavy atom. The van der Waals surface area contributed by atoms with Crippen molar-refractivity contribution >= 4 is 45.0 Å². The number of anilines is 1. The van der Waals surface area contributed by atoms with Crippen LogP contribution in [0.25, 0.3) is 0 Å². The predicted molar refractivity (Wildman–Crippen MR) is 142 cm³/mol. The lowest BCUT2D eigenvalue weighted by Gasteiger charge is -2.26. The molecule has 0 saturated heterocycles. The molecule has 0 heterocycles. The van der Waals surface area contributed by atoms with Crippen LogP contribution >= 0.6 is 23.4 Å². The van der Waals surface area contributed by atoms with Crippen LogP contribution in [0.1, 0.15) is 23.1 Å². The van der Waals surface area contributed by atoms with Gasteiger partial charge in [-0.15, -0.1) is 0 Å². The summed E-state index contributed by atoms with van der Waals surface area (Å²) in [5.41, 5.74) is 3.46. The first-order valence-corrected chi connectivity index (χ1v) is 14.0. The third kappa shape index (κ3) is 7.01. The average molecular weight is 517 g/mol. The number of hydrogen-bond acceptors (Lipinski definition) is 4. The van der Waals surface area contributed by atoms with Crippen LogP contribution in [0, 0.1) is 13.8 Å². The summed E-state index contributed by atoms with van der Waals surface area (Å²) in [4.78, 5) is 12.9. The first-order chi connectivity index (χ1) is 16.3. The van der Waals surface area contributed by atoms with Crippen LogP contribution in [-0.4, -0.2) is 33.2 Å². The molecule has 0 fully saturated rings. The zero-order valence-corrected chi connectivity index (χ0v) is 21.7. The van der Waals surface area contributed by atoms with Crippen molar-refractivity contribution in [1.82, 2.24) is 5.32 Å². The maximum Gasteiger partial charge on any atom is 0.264 e. The van der Waals surface area contributed by atoms with E-state index in [2.05, 4.69) is 5.32 Å². The van der Waals surface area contributed by atoms with Gasteiger partial charge in [-0.3, -0.25) is 9.10 Å². The van der Waals surface area contributed by atoms with Gasteiger partial charge in [0.15, 0.2) is 0 Å². The van der Waals surface area contributed by atoms with Crippen molar-refractivity contribution < 1.29 is 13.2 Å². The Kier molecular flexibility index (Phi) is 9.45. The van der Waals surface area contributed by atoms with Gasteiger partial charge in [-0.1, -0.05) is 54.1 Å². The fraction of sp³-hybridized carbons (Fsp3) is 0.269. The molecule has 8 heteroatoms. The number of sulfonamides is 1. The molecule has 3 aromatic rings. The van der Waals surface area contributed by atoms with Gasteiger partial charge in [-0.05, 0) is 73.0 Å². The molecule has 3 aromatic carbocycles. The van der Waals surface area contributed by atoms with Crippen LogP contribution in [-0.2, 0) is 20.6 Å². The van der Waals surface area contributed by atoms with Crippen molar-refractivity contribution in [2.45, 2.75) is 30.9 Å². The van der Waals surface area contributed by atoms with Crippen LogP contribution in [0.3, 0.4) is 0 Å². The highest BCUT2D eigenvalue weighted by Gasteiger charge is 2.28. The number of benzene rings is 3. The second-order valence-electron chi connectivity index (χ2n) is 7.93. The summed E-state index contributed by atoms with van der Waals surface area (Å²) in [5, 5.41) is 3.59. The van der Waals surface area contributed by atoms with Gasteiger partial charge in [-0.25, -0.2) is 8.42 Å². The van der Waals surface area contributed by atoms with Gasteiger partial charge < -0.3 is 5.32 Å². The maximum atomic E-state index is 13.4. The number of halogens is 1. The molecule has 180 valence electrons. The van der Waals surface area contributed by atoms with Gasteiger partial charge in [0.2, 0.25) is 5.91 Å². The van der Waals surface area contributed by atoms with Crippen LogP contribution in [0.4, 0.5) is 5.69 Å². The fourth-order valence-electron chi connectivity index (χ4n) is 3.43. The number of carbonyl (C=O) groups is 1. The summed E-state index contributed by atoms with van der Waals surface area (Å²) >= 11 is 7.78. The summed E-state index contributed by atoms with van der Waals surface area (Å²) in [7, 11) is -3.90. The van der Waals surface area contributed by atoms with E-state index in [1.807, 2.05) is 44.2 Å². The molecule has 0 unspecified atom stereocenters. The molecule has 0 aliphatic rings. The Hall–Kier alpha value is -2.48. The smallest absolute Gasteiger partial charge is 0.264 e. The minimum absolute atomic E-state index is 0.154. The molecule has 0 saturated carbocycles. The molecule has 0 spiro atoms. The minimum atomic E-state index is -3.90. The number of thioether (sulfide) groups is 1. The number of amides is 1.